The van der Waals surface area contributed by atoms with E-state index in [2.05, 4.69) is 5.32 Å². The summed E-state index contributed by atoms with van der Waals surface area (Å²) in [6.45, 7) is 3.89. The zero-order valence-corrected chi connectivity index (χ0v) is 28.1. The van der Waals surface area contributed by atoms with Crippen molar-refractivity contribution >= 4 is 62.5 Å². The minimum atomic E-state index is -1.17. The monoisotopic (exact) mass is 684 g/mol. The fourth-order valence-electron chi connectivity index (χ4n) is 8.66. The Bertz CT molecular complexity index is 2080. The second-order valence-electron chi connectivity index (χ2n) is 13.4. The number of nitrogens with one attached hydrogen (secondary N) is 1. The molecule has 246 valence electrons. The number of carbonyl (C=O) groups excluding carboxylic acids is 4. The number of imide groups is 2. The van der Waals surface area contributed by atoms with Crippen molar-refractivity contribution in [3.05, 3.63) is 76.3 Å². The van der Waals surface area contributed by atoms with Gasteiger partial charge in [0.1, 0.15) is 23.9 Å². The van der Waals surface area contributed by atoms with Crippen LogP contribution in [-0.2, 0) is 26.2 Å². The molecule has 6 unspecified atom stereocenters. The molecule has 4 aliphatic rings. The summed E-state index contributed by atoms with van der Waals surface area (Å²) >= 11 is 7.86. The number of ether oxygens (including phenoxy) is 1. The van der Waals surface area contributed by atoms with Gasteiger partial charge in [-0.1, -0.05) is 35.4 Å². The van der Waals surface area contributed by atoms with Crippen LogP contribution in [0.2, 0.25) is 5.02 Å². The average Bonchev–Trinajstić information content (AvgIpc) is 3.75. The van der Waals surface area contributed by atoms with E-state index in [1.807, 2.05) is 50.3 Å². The van der Waals surface area contributed by atoms with Crippen molar-refractivity contribution in [3.63, 3.8) is 0 Å². The molecule has 0 radical (unpaired) electrons. The predicted octanol–water partition coefficient (Wildman–Crippen LogP) is 5.15. The number of carbonyl (C=O) groups is 4. The highest BCUT2D eigenvalue weighted by molar-refractivity contribution is 7.22. The summed E-state index contributed by atoms with van der Waals surface area (Å²) in [5, 5.41) is 18.2. The Morgan fingerprint density at radius 2 is 1.85 bits per heavy atom. The molecular weight excluding hydrogens is 652 g/mol. The second kappa shape index (κ2) is 11.1. The van der Waals surface area contributed by atoms with E-state index in [1.54, 1.807) is 41.3 Å². The maximum absolute atomic E-state index is 14.9. The number of aliphatic hydroxyl groups is 1. The van der Waals surface area contributed by atoms with Crippen molar-refractivity contribution < 1.29 is 29.0 Å². The van der Waals surface area contributed by atoms with Crippen LogP contribution in [0.1, 0.15) is 36.8 Å². The Labute approximate surface area is 285 Å². The number of amides is 4. The van der Waals surface area contributed by atoms with Gasteiger partial charge in [-0.15, -0.1) is 11.3 Å². The SMILES string of the molecule is Cc1c(-c2cc(N3C(=O)C4CC5C(=CCC6C(=O)NC(=O)C65)C(c5ccc(OCCO)cc5)C4(C)C3=O)n(C)n2)sc2ccc(Cl)cc12. The molecule has 3 fully saturated rings. The van der Waals surface area contributed by atoms with Crippen LogP contribution in [0.5, 0.6) is 5.75 Å². The summed E-state index contributed by atoms with van der Waals surface area (Å²) in [6.07, 6.45) is 2.69. The molecule has 2 aliphatic heterocycles. The van der Waals surface area contributed by atoms with Gasteiger partial charge in [0.25, 0.3) is 0 Å². The van der Waals surface area contributed by atoms with Crippen LogP contribution in [0, 0.1) is 36.0 Å². The first-order valence-electron chi connectivity index (χ1n) is 16.0. The molecule has 48 heavy (non-hydrogen) atoms. The van der Waals surface area contributed by atoms with Gasteiger partial charge in [-0.2, -0.15) is 5.10 Å². The third-order valence-electron chi connectivity index (χ3n) is 10.9. The molecule has 2 saturated heterocycles. The fraction of sp³-hybridized carbons (Fsp3) is 0.361. The lowest BCUT2D eigenvalue weighted by molar-refractivity contribution is -0.131. The second-order valence-corrected chi connectivity index (χ2v) is 14.9. The van der Waals surface area contributed by atoms with Crippen LogP contribution in [0.3, 0.4) is 0 Å². The largest absolute Gasteiger partial charge is 0.491 e. The number of fused-ring (bicyclic) bond motifs is 5. The van der Waals surface area contributed by atoms with E-state index in [9.17, 15) is 24.3 Å². The van der Waals surface area contributed by atoms with Crippen LogP contribution < -0.4 is 15.0 Å². The van der Waals surface area contributed by atoms with Crippen molar-refractivity contribution in [2.75, 3.05) is 18.1 Å². The molecule has 6 atom stereocenters. The van der Waals surface area contributed by atoms with Crippen LogP contribution in [-0.4, -0.2) is 51.7 Å². The van der Waals surface area contributed by atoms with Crippen LogP contribution in [0.25, 0.3) is 20.7 Å². The number of anilines is 1. The first-order valence-corrected chi connectivity index (χ1v) is 17.2. The van der Waals surface area contributed by atoms with E-state index in [1.165, 1.54) is 4.90 Å². The number of rotatable bonds is 6. The summed E-state index contributed by atoms with van der Waals surface area (Å²) in [6, 6.07) is 14.9. The van der Waals surface area contributed by atoms with Gasteiger partial charge in [0, 0.05) is 28.8 Å². The number of aryl methyl sites for hydroxylation is 2. The minimum absolute atomic E-state index is 0.124. The van der Waals surface area contributed by atoms with Gasteiger partial charge in [-0.3, -0.25) is 29.2 Å². The average molecular weight is 685 g/mol. The summed E-state index contributed by atoms with van der Waals surface area (Å²) in [4.78, 5) is 57.6. The molecule has 12 heteroatoms. The van der Waals surface area contributed by atoms with Gasteiger partial charge in [0.05, 0.1) is 34.7 Å². The van der Waals surface area contributed by atoms with Crippen molar-refractivity contribution in [3.8, 4) is 16.3 Å². The van der Waals surface area contributed by atoms with Crippen molar-refractivity contribution in [2.45, 2.75) is 32.6 Å². The molecule has 10 nitrogen and oxygen atoms in total. The number of thiophene rings is 1. The smallest absolute Gasteiger partial charge is 0.242 e. The Morgan fingerprint density at radius 3 is 2.60 bits per heavy atom. The third kappa shape index (κ3) is 4.37. The van der Waals surface area contributed by atoms with E-state index in [4.69, 9.17) is 21.4 Å². The Hall–Kier alpha value is -4.32. The van der Waals surface area contributed by atoms with Gasteiger partial charge in [0.15, 0.2) is 0 Å². The van der Waals surface area contributed by atoms with Gasteiger partial charge < -0.3 is 9.84 Å². The first kappa shape index (κ1) is 31.0. The van der Waals surface area contributed by atoms with E-state index >= 15 is 0 Å². The molecule has 2 N–H and O–H groups in total. The highest BCUT2D eigenvalue weighted by atomic mass is 35.5. The zero-order chi connectivity index (χ0) is 33.6. The Morgan fingerprint density at radius 1 is 1.08 bits per heavy atom. The first-order chi connectivity index (χ1) is 23.0. The van der Waals surface area contributed by atoms with Crippen LogP contribution in [0.4, 0.5) is 5.82 Å². The van der Waals surface area contributed by atoms with Crippen molar-refractivity contribution in [1.29, 1.82) is 0 Å². The highest BCUT2D eigenvalue weighted by Crippen LogP contribution is 2.63. The summed E-state index contributed by atoms with van der Waals surface area (Å²) < 4.78 is 8.24. The number of hydrogen-bond donors (Lipinski definition) is 2. The molecule has 0 bridgehead atoms. The number of halogens is 1. The number of nitrogens with zero attached hydrogens (tertiary/aromatic N) is 3. The molecular formula is C36H33ClN4O6S. The molecule has 8 rings (SSSR count). The van der Waals surface area contributed by atoms with E-state index in [0.717, 1.165) is 31.7 Å². The molecule has 2 aliphatic carbocycles. The molecule has 4 aromatic rings. The number of aromatic nitrogens is 2. The van der Waals surface area contributed by atoms with Gasteiger partial charge in [0.2, 0.25) is 23.6 Å². The lowest BCUT2D eigenvalue weighted by Gasteiger charge is -2.49. The molecule has 2 aromatic heterocycles. The zero-order valence-electron chi connectivity index (χ0n) is 26.5. The Kier molecular flexibility index (Phi) is 7.17. The van der Waals surface area contributed by atoms with Crippen molar-refractivity contribution in [1.82, 2.24) is 15.1 Å². The van der Waals surface area contributed by atoms with Crippen LogP contribution >= 0.6 is 22.9 Å². The molecule has 1 saturated carbocycles. The lowest BCUT2D eigenvalue weighted by atomic mass is 9.51. The molecule has 2 aromatic carbocycles. The number of allylic oxidation sites excluding steroid dienone is 2. The normalized spacial score (nSPS) is 28.0. The quantitative estimate of drug-likeness (QED) is 0.212. The summed E-state index contributed by atoms with van der Waals surface area (Å²) in [5.41, 5.74) is 2.22. The van der Waals surface area contributed by atoms with E-state index in [-0.39, 0.29) is 49.2 Å². The standard InChI is InChI=1S/C36H33ClN4O6S/c1-17-23-14-19(37)6-11-27(23)48-31(17)26-16-28(40(3)39-26)41-34(45)25-15-24-21(9-10-22-29(24)33(44)38-32(22)43)30(36(25,2)35(41)46)18-4-7-20(8-5-18)47-13-12-42/h4-9,11,14,16,22,24-25,29-30,42H,10,12-13,15H2,1-3H3,(H,38,43,44). The van der Waals surface area contributed by atoms with Crippen LogP contribution in [0.15, 0.2) is 60.2 Å². The molecule has 0 spiro atoms. The Balaban J connectivity index is 1.23. The van der Waals surface area contributed by atoms with Gasteiger partial charge >= 0.3 is 0 Å². The maximum atomic E-state index is 14.9. The number of hydrogen-bond acceptors (Lipinski definition) is 8. The third-order valence-corrected chi connectivity index (χ3v) is 12.4. The highest BCUT2D eigenvalue weighted by Gasteiger charge is 2.67. The summed E-state index contributed by atoms with van der Waals surface area (Å²) in [5.74, 6) is -3.06. The molecule has 4 heterocycles. The van der Waals surface area contributed by atoms with E-state index < -0.39 is 29.1 Å². The molecule has 4 amide bonds. The lowest BCUT2D eigenvalue weighted by Crippen LogP contribution is -2.48. The topological polar surface area (TPSA) is 131 Å². The van der Waals surface area contributed by atoms with Gasteiger partial charge in [-0.05, 0) is 79.5 Å². The van der Waals surface area contributed by atoms with E-state index in [0.29, 0.717) is 28.7 Å². The predicted molar refractivity (Wildman–Crippen MR) is 181 cm³/mol. The van der Waals surface area contributed by atoms with Gasteiger partial charge in [-0.25, -0.2) is 4.90 Å². The maximum Gasteiger partial charge on any atom is 0.242 e. The number of benzene rings is 2. The number of aliphatic hydroxyl groups excluding tert-OH is 1. The summed E-state index contributed by atoms with van der Waals surface area (Å²) in [7, 11) is 1.73. The fourth-order valence-corrected chi connectivity index (χ4v) is 9.98. The van der Waals surface area contributed by atoms with Crippen molar-refractivity contribution in [2.24, 2.45) is 36.1 Å². The minimum Gasteiger partial charge on any atom is -0.491 e.